The second-order valence-corrected chi connectivity index (χ2v) is 5.37. The van der Waals surface area contributed by atoms with Gasteiger partial charge in [-0.3, -0.25) is 5.41 Å². The third-order valence-corrected chi connectivity index (χ3v) is 4.16. The van der Waals surface area contributed by atoms with Crippen LogP contribution in [0.2, 0.25) is 0 Å². The highest BCUT2D eigenvalue weighted by Gasteiger charge is 2.16. The Bertz CT molecular complexity index is 300. The van der Waals surface area contributed by atoms with Crippen molar-refractivity contribution >= 4 is 22.7 Å². The highest BCUT2D eigenvalue weighted by Crippen LogP contribution is 2.12. The summed E-state index contributed by atoms with van der Waals surface area (Å²) < 4.78 is 4.58. The molecule has 4 heteroatoms. The molecule has 0 bridgehead atoms. The predicted molar refractivity (Wildman–Crippen MR) is 65.5 cm³/mol. The molecule has 3 nitrogen and oxygen atoms in total. The maximum absolute atomic E-state index is 11.3. The molecule has 1 N–H and O–H groups in total. The van der Waals surface area contributed by atoms with E-state index in [1.807, 2.05) is 12.3 Å². The molecule has 0 saturated carbocycles. The van der Waals surface area contributed by atoms with Crippen LogP contribution in [0.15, 0.2) is 16.6 Å². The van der Waals surface area contributed by atoms with Gasteiger partial charge >= 0.3 is 5.97 Å². The lowest BCUT2D eigenvalue weighted by Crippen LogP contribution is -2.10. The maximum atomic E-state index is 11.3. The van der Waals surface area contributed by atoms with Crippen LogP contribution in [0.5, 0.6) is 0 Å². The molecule has 0 heterocycles. The quantitative estimate of drug-likeness (QED) is 0.257. The minimum atomic E-state index is -0.491. The van der Waals surface area contributed by atoms with Crippen molar-refractivity contribution in [2.75, 3.05) is 18.6 Å². The first-order chi connectivity index (χ1) is 7.10. The van der Waals surface area contributed by atoms with Gasteiger partial charge in [0.15, 0.2) is 0 Å². The maximum Gasteiger partial charge on any atom is 0.347 e. The van der Waals surface area contributed by atoms with Crippen molar-refractivity contribution in [2.45, 2.75) is 20.8 Å². The van der Waals surface area contributed by atoms with Gasteiger partial charge in [-0.1, -0.05) is 0 Å². The van der Waals surface area contributed by atoms with Crippen LogP contribution in [0.1, 0.15) is 20.8 Å². The number of hydrogen-bond donors (Lipinski definition) is 1. The molecular formula is C11H18NO2S+. The molecule has 0 saturated heterocycles. The molecule has 0 unspecified atom stereocenters. The highest BCUT2D eigenvalue weighted by atomic mass is 32.2. The molecule has 0 aromatic carbocycles. The smallest absolute Gasteiger partial charge is 0.347 e. The summed E-state index contributed by atoms with van der Waals surface area (Å²) in [5, 5.41) is 9.09. The SMILES string of the molecule is CC[S+](/C=C(/C)C(=C=N)C(=O)OC)CC. The minimum Gasteiger partial charge on any atom is -0.465 e. The summed E-state index contributed by atoms with van der Waals surface area (Å²) in [5.74, 6) is 3.75. The van der Waals surface area contributed by atoms with Crippen LogP contribution in [0.25, 0.3) is 0 Å². The largest absolute Gasteiger partial charge is 0.465 e. The zero-order valence-electron chi connectivity index (χ0n) is 9.72. The zero-order valence-corrected chi connectivity index (χ0v) is 10.5. The summed E-state index contributed by atoms with van der Waals surface area (Å²) >= 11 is 0. The number of methoxy groups -OCH3 is 1. The summed E-state index contributed by atoms with van der Waals surface area (Å²) in [7, 11) is 1.49. The van der Waals surface area contributed by atoms with Crippen molar-refractivity contribution in [3.63, 3.8) is 0 Å². The zero-order chi connectivity index (χ0) is 11.8. The van der Waals surface area contributed by atoms with Crippen molar-refractivity contribution in [1.29, 1.82) is 5.41 Å². The summed E-state index contributed by atoms with van der Waals surface area (Å²) in [5.41, 5.74) is 1.00. The average molecular weight is 228 g/mol. The van der Waals surface area contributed by atoms with E-state index in [0.29, 0.717) is 0 Å². The Balaban J connectivity index is 4.88. The Labute approximate surface area is 94.1 Å². The standard InChI is InChI=1S/C11H18NO2S/c1-5-15(6-2)8-9(3)10(7-12)11(13)14-4/h8,12H,5-6H2,1-4H3/q+1/b9-8-. The molecule has 0 rings (SSSR count). The van der Waals surface area contributed by atoms with Crippen molar-refractivity contribution in [3.05, 3.63) is 16.6 Å². The van der Waals surface area contributed by atoms with E-state index in [-0.39, 0.29) is 16.5 Å². The molecule has 0 spiro atoms. The second-order valence-electron chi connectivity index (χ2n) is 2.91. The van der Waals surface area contributed by atoms with Crippen LogP contribution in [0, 0.1) is 5.41 Å². The Hall–Kier alpha value is -0.990. The Morgan fingerprint density at radius 3 is 2.33 bits per heavy atom. The van der Waals surface area contributed by atoms with E-state index in [1.165, 1.54) is 7.11 Å². The van der Waals surface area contributed by atoms with Gasteiger partial charge in [0.1, 0.15) is 22.5 Å². The summed E-state index contributed by atoms with van der Waals surface area (Å²) in [6, 6.07) is 0. The number of carbonyl (C=O) groups is 1. The van der Waals surface area contributed by atoms with E-state index in [9.17, 15) is 4.79 Å². The van der Waals surface area contributed by atoms with Crippen molar-refractivity contribution in [2.24, 2.45) is 0 Å². The molecular weight excluding hydrogens is 210 g/mol. The molecule has 0 atom stereocenters. The average Bonchev–Trinajstić information content (AvgIpc) is 2.26. The Kier molecular flexibility index (Phi) is 6.84. The monoisotopic (exact) mass is 228 g/mol. The number of esters is 1. The van der Waals surface area contributed by atoms with Gasteiger partial charge < -0.3 is 4.74 Å². The summed E-state index contributed by atoms with van der Waals surface area (Å²) in [4.78, 5) is 11.3. The number of carbonyl (C=O) groups excluding carboxylic acids is 1. The number of hydrogen-bond acceptors (Lipinski definition) is 3. The van der Waals surface area contributed by atoms with Crippen molar-refractivity contribution < 1.29 is 9.53 Å². The number of ether oxygens (including phenoxy) is 1. The third kappa shape index (κ3) is 4.36. The van der Waals surface area contributed by atoms with Crippen LogP contribution >= 0.6 is 0 Å². The molecule has 15 heavy (non-hydrogen) atoms. The van der Waals surface area contributed by atoms with E-state index in [2.05, 4.69) is 24.5 Å². The van der Waals surface area contributed by atoms with Crippen LogP contribution in [0.4, 0.5) is 0 Å². The van der Waals surface area contributed by atoms with Gasteiger partial charge in [0, 0.05) is 16.5 Å². The van der Waals surface area contributed by atoms with E-state index in [4.69, 9.17) is 5.41 Å². The molecule has 0 amide bonds. The first kappa shape index (κ1) is 14.0. The molecule has 0 aliphatic carbocycles. The van der Waals surface area contributed by atoms with Gasteiger partial charge in [0.25, 0.3) is 0 Å². The summed E-state index contributed by atoms with van der Waals surface area (Å²) in [6.45, 7) is 6.05. The molecule has 0 fully saturated rings. The first-order valence-electron chi connectivity index (χ1n) is 4.83. The van der Waals surface area contributed by atoms with Crippen LogP contribution in [-0.2, 0) is 20.4 Å². The molecule has 0 aliphatic heterocycles. The lowest BCUT2D eigenvalue weighted by atomic mass is 10.1. The fourth-order valence-corrected chi connectivity index (χ4v) is 2.45. The molecule has 0 aromatic heterocycles. The van der Waals surface area contributed by atoms with Gasteiger partial charge in [-0.25, -0.2) is 4.79 Å². The van der Waals surface area contributed by atoms with E-state index in [1.54, 1.807) is 0 Å². The number of nitrogens with one attached hydrogen (secondary N) is 1. The third-order valence-electron chi connectivity index (χ3n) is 1.99. The lowest BCUT2D eigenvalue weighted by molar-refractivity contribution is -0.135. The number of rotatable bonds is 5. The normalized spacial score (nSPS) is 11.1. The van der Waals surface area contributed by atoms with Gasteiger partial charge in [0.05, 0.1) is 7.11 Å². The van der Waals surface area contributed by atoms with Crippen molar-refractivity contribution in [3.8, 4) is 0 Å². The lowest BCUT2D eigenvalue weighted by Gasteiger charge is -2.02. The summed E-state index contributed by atoms with van der Waals surface area (Å²) in [6.07, 6.45) is 0. The topological polar surface area (TPSA) is 50.2 Å². The van der Waals surface area contributed by atoms with Crippen LogP contribution < -0.4 is 0 Å². The molecule has 84 valence electrons. The molecule has 0 radical (unpaired) electrons. The second kappa shape index (κ2) is 7.32. The molecule has 0 aliphatic rings. The Morgan fingerprint density at radius 1 is 1.47 bits per heavy atom. The van der Waals surface area contributed by atoms with E-state index >= 15 is 0 Å². The fraction of sp³-hybridized carbons (Fsp3) is 0.545. The minimum absolute atomic E-state index is 0.177. The predicted octanol–water partition coefficient (Wildman–Crippen LogP) is 1.90. The first-order valence-corrected chi connectivity index (χ1v) is 6.46. The highest BCUT2D eigenvalue weighted by molar-refractivity contribution is 7.99. The molecule has 0 aromatic rings. The van der Waals surface area contributed by atoms with Crippen LogP contribution in [0.3, 0.4) is 0 Å². The van der Waals surface area contributed by atoms with E-state index < -0.39 is 5.97 Å². The van der Waals surface area contributed by atoms with Gasteiger partial charge in [0.2, 0.25) is 0 Å². The Morgan fingerprint density at radius 2 is 2.00 bits per heavy atom. The van der Waals surface area contributed by atoms with Gasteiger partial charge in [-0.2, -0.15) is 0 Å². The van der Waals surface area contributed by atoms with E-state index in [0.717, 1.165) is 17.1 Å². The fourth-order valence-electron chi connectivity index (χ4n) is 1.09. The van der Waals surface area contributed by atoms with Gasteiger partial charge in [-0.05, 0) is 26.6 Å². The van der Waals surface area contributed by atoms with Gasteiger partial charge in [-0.15, -0.1) is 0 Å². The van der Waals surface area contributed by atoms with Crippen LogP contribution in [-0.4, -0.2) is 30.5 Å². The van der Waals surface area contributed by atoms with Crippen molar-refractivity contribution in [1.82, 2.24) is 0 Å².